The van der Waals surface area contributed by atoms with Crippen LogP contribution in [-0.4, -0.2) is 43.1 Å². The average molecular weight is 436 g/mol. The molecule has 9 nitrogen and oxygen atoms in total. The first-order valence-electron chi connectivity index (χ1n) is 9.61. The highest BCUT2D eigenvalue weighted by molar-refractivity contribution is 6.33. The molecule has 1 amide bonds. The summed E-state index contributed by atoms with van der Waals surface area (Å²) in [4.78, 5) is 24.4. The maximum atomic E-state index is 12.8. The summed E-state index contributed by atoms with van der Waals surface area (Å²) in [6.45, 7) is 0. The number of carbonyl (C=O) groups excluding carboxylic acids is 1. The molecule has 0 saturated heterocycles. The summed E-state index contributed by atoms with van der Waals surface area (Å²) < 4.78 is 6.91. The van der Waals surface area contributed by atoms with Crippen molar-refractivity contribution >= 4 is 39.9 Å². The summed E-state index contributed by atoms with van der Waals surface area (Å²) in [5.41, 5.74) is 8.48. The smallest absolute Gasteiger partial charge is 0.287 e. The highest BCUT2D eigenvalue weighted by atomic mass is 35.5. The average Bonchev–Trinajstić information content (AvgIpc) is 3.18. The van der Waals surface area contributed by atoms with E-state index < -0.39 is 0 Å². The molecule has 4 aromatic rings. The highest BCUT2D eigenvalue weighted by Crippen LogP contribution is 2.39. The zero-order valence-corrected chi connectivity index (χ0v) is 17.3. The van der Waals surface area contributed by atoms with E-state index in [1.807, 2.05) is 0 Å². The molecule has 10 heteroatoms. The zero-order valence-electron chi connectivity index (χ0n) is 16.6. The second-order valence-electron chi connectivity index (χ2n) is 7.44. The minimum Gasteiger partial charge on any atom is -0.493 e. The number of fused-ring (bicyclic) bond motifs is 2. The third-order valence-electron chi connectivity index (χ3n) is 5.29. The van der Waals surface area contributed by atoms with Crippen molar-refractivity contribution in [3.63, 3.8) is 0 Å². The normalized spacial score (nSPS) is 14.3. The van der Waals surface area contributed by atoms with E-state index in [4.69, 9.17) is 22.1 Å². The van der Waals surface area contributed by atoms with Crippen molar-refractivity contribution in [1.29, 1.82) is 0 Å². The Labute approximate surface area is 182 Å². The van der Waals surface area contributed by atoms with E-state index in [0.717, 1.165) is 12.8 Å². The first-order valence-corrected chi connectivity index (χ1v) is 9.99. The number of nitrogens with one attached hydrogen (secondary N) is 2. The van der Waals surface area contributed by atoms with E-state index in [2.05, 4.69) is 37.2 Å². The summed E-state index contributed by atoms with van der Waals surface area (Å²) in [7, 11) is 1.51. The number of carbonyl (C=O) groups is 1. The maximum absolute atomic E-state index is 12.8. The Balaban J connectivity index is 1.33. The largest absolute Gasteiger partial charge is 0.493 e. The number of methoxy groups -OCH3 is 1. The molecule has 1 fully saturated rings. The molecule has 1 aliphatic rings. The number of aromatic nitrogens is 5. The third-order valence-corrected chi connectivity index (χ3v) is 5.58. The molecule has 0 bridgehead atoms. The molecule has 5 rings (SSSR count). The van der Waals surface area contributed by atoms with Crippen LogP contribution >= 0.6 is 11.6 Å². The number of ether oxygens (including phenoxy) is 1. The summed E-state index contributed by atoms with van der Waals surface area (Å²) in [6, 6.07) is 5.15. The minimum atomic E-state index is -0.363. The molecule has 0 atom stereocenters. The monoisotopic (exact) mass is 435 g/mol. The Hall–Kier alpha value is -3.77. The molecule has 3 aromatic heterocycles. The fraction of sp³-hybridized carbons (Fsp3) is 0.238. The number of amides is 1. The molecule has 1 aromatic carbocycles. The molecule has 156 valence electrons. The summed E-state index contributed by atoms with van der Waals surface area (Å²) in [5, 5.41) is 7.72. The Kier molecular flexibility index (Phi) is 4.45. The minimum absolute atomic E-state index is 0.205. The molecule has 31 heavy (non-hydrogen) atoms. The molecule has 0 radical (unpaired) electrons. The number of nitrogens with zero attached hydrogens (tertiary/aromatic N) is 4. The Morgan fingerprint density at radius 3 is 3.03 bits per heavy atom. The van der Waals surface area contributed by atoms with Gasteiger partial charge in [-0.2, -0.15) is 5.10 Å². The van der Waals surface area contributed by atoms with Gasteiger partial charge in [0.2, 0.25) is 0 Å². The van der Waals surface area contributed by atoms with Gasteiger partial charge in [0.25, 0.3) is 5.91 Å². The van der Waals surface area contributed by atoms with Crippen molar-refractivity contribution < 1.29 is 9.53 Å². The van der Waals surface area contributed by atoms with Crippen molar-refractivity contribution in [2.45, 2.75) is 24.8 Å². The van der Waals surface area contributed by atoms with Crippen LogP contribution in [0, 0.1) is 11.8 Å². The molecule has 0 spiro atoms. The van der Waals surface area contributed by atoms with Crippen LogP contribution in [0.1, 0.15) is 35.6 Å². The SMILES string of the molecule is COc1c(Cl)ccc2[nH]c(C(=O)NC3(CC#Cc4cnc5c(N)ccnn45)CC3)nc12. The van der Waals surface area contributed by atoms with Crippen LogP contribution in [0.25, 0.3) is 16.7 Å². The summed E-state index contributed by atoms with van der Waals surface area (Å²) in [6.07, 6.45) is 5.44. The maximum Gasteiger partial charge on any atom is 0.287 e. The first kappa shape index (κ1) is 19.2. The molecule has 3 heterocycles. The summed E-state index contributed by atoms with van der Waals surface area (Å²) >= 11 is 6.14. The van der Waals surface area contributed by atoms with Gasteiger partial charge < -0.3 is 20.8 Å². The third kappa shape index (κ3) is 3.41. The molecule has 1 saturated carbocycles. The quantitative estimate of drug-likeness (QED) is 0.423. The van der Waals surface area contributed by atoms with Crippen LogP contribution < -0.4 is 15.8 Å². The predicted octanol–water partition coefficient (Wildman–Crippen LogP) is 2.55. The van der Waals surface area contributed by atoms with Crippen molar-refractivity contribution in [2.24, 2.45) is 0 Å². The van der Waals surface area contributed by atoms with Crippen molar-refractivity contribution in [1.82, 2.24) is 29.9 Å². The number of aromatic amines is 1. The lowest BCUT2D eigenvalue weighted by atomic mass is 10.2. The van der Waals surface area contributed by atoms with Crippen LogP contribution in [0.3, 0.4) is 0 Å². The number of nitrogen functional groups attached to an aromatic ring is 1. The number of nitrogens with two attached hydrogens (primary N) is 1. The number of hydrogen-bond donors (Lipinski definition) is 3. The molecule has 4 N–H and O–H groups in total. The lowest BCUT2D eigenvalue weighted by Gasteiger charge is -2.12. The van der Waals surface area contributed by atoms with Crippen LogP contribution in [0.15, 0.2) is 30.6 Å². The molecule has 1 aliphatic carbocycles. The van der Waals surface area contributed by atoms with E-state index in [9.17, 15) is 4.79 Å². The van der Waals surface area contributed by atoms with E-state index in [-0.39, 0.29) is 17.3 Å². The topological polar surface area (TPSA) is 123 Å². The van der Waals surface area contributed by atoms with Crippen LogP contribution in [-0.2, 0) is 0 Å². The number of benzene rings is 1. The Morgan fingerprint density at radius 1 is 1.42 bits per heavy atom. The van der Waals surface area contributed by atoms with Crippen LogP contribution in [0.4, 0.5) is 5.69 Å². The van der Waals surface area contributed by atoms with Gasteiger partial charge in [0.05, 0.1) is 41.3 Å². The highest BCUT2D eigenvalue weighted by Gasteiger charge is 2.43. The van der Waals surface area contributed by atoms with Gasteiger partial charge >= 0.3 is 0 Å². The second-order valence-corrected chi connectivity index (χ2v) is 7.85. The standard InChI is InChI=1S/C21H18ClN7O2/c1-31-17-13(22)4-5-15-16(17)27-18(26-15)20(30)28-21(8-9-21)7-2-3-12-11-24-19-14(23)6-10-25-29(12)19/h4-6,10-11H,7-9,23H2,1H3,(H,26,27)(H,28,30). The predicted molar refractivity (Wildman–Crippen MR) is 116 cm³/mol. The van der Waals surface area contributed by atoms with Crippen molar-refractivity contribution in [3.8, 4) is 17.6 Å². The van der Waals surface area contributed by atoms with Gasteiger partial charge in [0.15, 0.2) is 17.2 Å². The fourth-order valence-electron chi connectivity index (χ4n) is 3.43. The van der Waals surface area contributed by atoms with Crippen LogP contribution in [0.2, 0.25) is 5.02 Å². The van der Waals surface area contributed by atoms with E-state index in [0.29, 0.717) is 45.3 Å². The van der Waals surface area contributed by atoms with Gasteiger partial charge in [-0.05, 0) is 37.0 Å². The lowest BCUT2D eigenvalue weighted by Crippen LogP contribution is -2.37. The lowest BCUT2D eigenvalue weighted by molar-refractivity contribution is 0.0923. The van der Waals surface area contributed by atoms with Gasteiger partial charge in [-0.25, -0.2) is 14.5 Å². The van der Waals surface area contributed by atoms with Crippen molar-refractivity contribution in [2.75, 3.05) is 12.8 Å². The molecular weight excluding hydrogens is 418 g/mol. The fourth-order valence-corrected chi connectivity index (χ4v) is 3.66. The Bertz CT molecular complexity index is 1390. The van der Waals surface area contributed by atoms with Gasteiger partial charge in [0, 0.05) is 6.42 Å². The van der Waals surface area contributed by atoms with E-state index >= 15 is 0 Å². The zero-order chi connectivity index (χ0) is 21.6. The van der Waals surface area contributed by atoms with Gasteiger partial charge in [-0.3, -0.25) is 4.79 Å². The molecule has 0 aliphatic heterocycles. The molecular formula is C21H18ClN7O2. The van der Waals surface area contributed by atoms with Gasteiger partial charge in [-0.15, -0.1) is 0 Å². The summed E-state index contributed by atoms with van der Waals surface area (Å²) in [5.74, 6) is 6.56. The number of hydrogen-bond acceptors (Lipinski definition) is 6. The van der Waals surface area contributed by atoms with Crippen LogP contribution in [0.5, 0.6) is 5.75 Å². The number of H-pyrrole nitrogens is 1. The number of halogens is 1. The van der Waals surface area contributed by atoms with Crippen molar-refractivity contribution in [3.05, 3.63) is 47.1 Å². The number of anilines is 1. The van der Waals surface area contributed by atoms with E-state index in [1.165, 1.54) is 7.11 Å². The molecule has 0 unspecified atom stereocenters. The van der Waals surface area contributed by atoms with E-state index in [1.54, 1.807) is 35.1 Å². The van der Waals surface area contributed by atoms with Gasteiger partial charge in [-0.1, -0.05) is 17.5 Å². The first-order chi connectivity index (χ1) is 15.0. The Morgan fingerprint density at radius 2 is 2.26 bits per heavy atom. The number of rotatable bonds is 4. The number of imidazole rings is 2. The second kappa shape index (κ2) is 7.18. The van der Waals surface area contributed by atoms with Gasteiger partial charge in [0.1, 0.15) is 11.2 Å².